The Morgan fingerprint density at radius 1 is 0.966 bits per heavy atom. The van der Waals surface area contributed by atoms with Gasteiger partial charge in [0.1, 0.15) is 18.0 Å². The lowest BCUT2D eigenvalue weighted by Crippen LogP contribution is -2.62. The minimum atomic E-state index is 0.136. The summed E-state index contributed by atoms with van der Waals surface area (Å²) in [5.74, 6) is 0. The summed E-state index contributed by atoms with van der Waals surface area (Å²) in [6, 6.07) is 21.2. The van der Waals surface area contributed by atoms with Crippen LogP contribution in [0.5, 0.6) is 0 Å². The monoisotopic (exact) mass is 379 g/mol. The average Bonchev–Trinajstić information content (AvgIpc) is 3.10. The third-order valence-corrected chi connectivity index (χ3v) is 6.03. The second-order valence-corrected chi connectivity index (χ2v) is 7.99. The molecule has 2 aromatic heterocycles. The van der Waals surface area contributed by atoms with Gasteiger partial charge in [-0.05, 0) is 49.8 Å². The maximum absolute atomic E-state index is 6.26. The van der Waals surface area contributed by atoms with Gasteiger partial charge in [-0.1, -0.05) is 48.5 Å². The van der Waals surface area contributed by atoms with E-state index >= 15 is 0 Å². The molecule has 4 heteroatoms. The molecule has 3 heterocycles. The molecule has 0 aliphatic carbocycles. The Bertz CT molecular complexity index is 1360. The van der Waals surface area contributed by atoms with Gasteiger partial charge in [-0.2, -0.15) is 0 Å². The molecule has 0 fully saturated rings. The SMILES string of the molecule is CC1=c2oc3ccccc3c2=CN(C)B1c1cc(C)c(-c2ccccc2)c[n+]1C. The molecule has 29 heavy (non-hydrogen) atoms. The molecule has 0 bridgehead atoms. The van der Waals surface area contributed by atoms with Crippen molar-refractivity contribution in [2.75, 3.05) is 7.05 Å². The first kappa shape index (κ1) is 17.8. The van der Waals surface area contributed by atoms with Gasteiger partial charge in [0.15, 0.2) is 11.8 Å². The van der Waals surface area contributed by atoms with E-state index in [1.54, 1.807) is 0 Å². The van der Waals surface area contributed by atoms with E-state index in [0.717, 1.165) is 11.0 Å². The molecular formula is C25H24BN2O+. The Morgan fingerprint density at radius 2 is 1.69 bits per heavy atom. The van der Waals surface area contributed by atoms with E-state index in [9.17, 15) is 0 Å². The molecule has 4 aromatic rings. The number of aromatic nitrogens is 1. The first-order valence-electron chi connectivity index (χ1n) is 10.0. The highest BCUT2D eigenvalue weighted by atomic mass is 16.3. The summed E-state index contributed by atoms with van der Waals surface area (Å²) >= 11 is 0. The van der Waals surface area contributed by atoms with Crippen LogP contribution in [-0.2, 0) is 7.05 Å². The van der Waals surface area contributed by atoms with Crippen LogP contribution in [0.3, 0.4) is 0 Å². The van der Waals surface area contributed by atoms with Crippen LogP contribution in [0.4, 0.5) is 0 Å². The van der Waals surface area contributed by atoms with Gasteiger partial charge in [0, 0.05) is 22.2 Å². The Balaban J connectivity index is 1.69. The Kier molecular flexibility index (Phi) is 4.09. The number of furan rings is 1. The van der Waals surface area contributed by atoms with Gasteiger partial charge >= 0.3 is 6.85 Å². The van der Waals surface area contributed by atoms with E-state index in [2.05, 4.69) is 98.2 Å². The molecule has 0 spiro atoms. The number of pyridine rings is 1. The molecule has 0 radical (unpaired) electrons. The van der Waals surface area contributed by atoms with Gasteiger partial charge in [0.2, 0.25) is 0 Å². The average molecular weight is 379 g/mol. The third-order valence-electron chi connectivity index (χ3n) is 6.03. The topological polar surface area (TPSA) is 20.3 Å². The van der Waals surface area contributed by atoms with Crippen molar-refractivity contribution in [3.05, 3.63) is 83.1 Å². The van der Waals surface area contributed by atoms with Gasteiger partial charge < -0.3 is 9.23 Å². The molecule has 2 aromatic carbocycles. The van der Waals surface area contributed by atoms with Crippen LogP contribution < -0.4 is 20.8 Å². The Morgan fingerprint density at radius 3 is 2.48 bits per heavy atom. The van der Waals surface area contributed by atoms with Crippen molar-refractivity contribution in [1.29, 1.82) is 0 Å². The standard InChI is InChI=1S/C25H24BN2O/c1-17-14-24(27(3)15-21(17)19-10-6-5-7-11-19)26-18(2)25-22(16-28(26)4)20-12-8-9-13-23(20)29-25/h5-16H,1-4H3/q+1. The highest BCUT2D eigenvalue weighted by Gasteiger charge is 2.36. The summed E-state index contributed by atoms with van der Waals surface area (Å²) < 4.78 is 8.51. The first-order chi connectivity index (χ1) is 14.0. The molecule has 0 saturated carbocycles. The summed E-state index contributed by atoms with van der Waals surface area (Å²) in [5.41, 5.74) is 8.23. The van der Waals surface area contributed by atoms with Gasteiger partial charge in [-0.3, -0.25) is 0 Å². The molecule has 0 amide bonds. The third kappa shape index (κ3) is 2.79. The number of hydrogen-bond acceptors (Lipinski definition) is 2. The van der Waals surface area contributed by atoms with E-state index in [1.807, 2.05) is 12.1 Å². The molecule has 142 valence electrons. The van der Waals surface area contributed by atoms with Crippen LogP contribution in [0.15, 0.2) is 71.3 Å². The number of benzene rings is 2. The fourth-order valence-corrected chi connectivity index (χ4v) is 4.59. The summed E-state index contributed by atoms with van der Waals surface area (Å²) in [6.45, 7) is 4.52. The molecule has 0 N–H and O–H groups in total. The van der Waals surface area contributed by atoms with Crippen molar-refractivity contribution in [3.63, 3.8) is 0 Å². The van der Waals surface area contributed by atoms with E-state index < -0.39 is 0 Å². The zero-order valence-electron chi connectivity index (χ0n) is 17.3. The maximum atomic E-state index is 6.26. The summed E-state index contributed by atoms with van der Waals surface area (Å²) in [4.78, 5) is 2.30. The summed E-state index contributed by atoms with van der Waals surface area (Å²) in [5, 5.41) is 2.35. The highest BCUT2D eigenvalue weighted by Crippen LogP contribution is 2.21. The number of aryl methyl sites for hydroxylation is 2. The molecule has 5 rings (SSSR count). The van der Waals surface area contributed by atoms with Crippen LogP contribution in [0, 0.1) is 6.92 Å². The fraction of sp³-hybridized carbons (Fsp3) is 0.160. The molecule has 0 atom stereocenters. The number of nitrogens with zero attached hydrogens (tertiary/aromatic N) is 2. The summed E-state index contributed by atoms with van der Waals surface area (Å²) in [7, 11) is 4.29. The molecule has 1 aliphatic heterocycles. The number of rotatable bonds is 2. The molecular weight excluding hydrogens is 355 g/mol. The van der Waals surface area contributed by atoms with Crippen molar-refractivity contribution >= 4 is 35.1 Å². The lowest BCUT2D eigenvalue weighted by atomic mass is 9.50. The van der Waals surface area contributed by atoms with Crippen LogP contribution in [0.2, 0.25) is 0 Å². The Hall–Kier alpha value is -3.27. The number of fused-ring (bicyclic) bond motifs is 3. The molecule has 0 saturated heterocycles. The van der Waals surface area contributed by atoms with E-state index in [0.29, 0.717) is 0 Å². The lowest BCUT2D eigenvalue weighted by Gasteiger charge is -2.24. The van der Waals surface area contributed by atoms with Crippen LogP contribution in [0.25, 0.3) is 33.8 Å². The minimum Gasteiger partial charge on any atom is -0.457 e. The van der Waals surface area contributed by atoms with Crippen molar-refractivity contribution in [1.82, 2.24) is 4.81 Å². The van der Waals surface area contributed by atoms with Gasteiger partial charge in [0.25, 0.3) is 0 Å². The van der Waals surface area contributed by atoms with E-state index in [1.165, 1.54) is 38.4 Å². The highest BCUT2D eigenvalue weighted by molar-refractivity contribution is 6.85. The zero-order chi connectivity index (χ0) is 20.1. The predicted molar refractivity (Wildman–Crippen MR) is 120 cm³/mol. The van der Waals surface area contributed by atoms with Crippen molar-refractivity contribution in [3.8, 4) is 11.1 Å². The van der Waals surface area contributed by atoms with Gasteiger partial charge in [-0.15, -0.1) is 0 Å². The van der Waals surface area contributed by atoms with Gasteiger partial charge in [-0.25, -0.2) is 4.57 Å². The quantitative estimate of drug-likeness (QED) is 0.394. The predicted octanol–water partition coefficient (Wildman–Crippen LogP) is 2.52. The first-order valence-corrected chi connectivity index (χ1v) is 10.0. The molecule has 3 nitrogen and oxygen atoms in total. The normalized spacial score (nSPS) is 13.6. The largest absolute Gasteiger partial charge is 0.457 e. The second-order valence-electron chi connectivity index (χ2n) is 7.99. The van der Waals surface area contributed by atoms with Crippen LogP contribution >= 0.6 is 0 Å². The summed E-state index contributed by atoms with van der Waals surface area (Å²) in [6.07, 6.45) is 4.47. The lowest BCUT2D eigenvalue weighted by molar-refractivity contribution is -0.653. The second kappa shape index (κ2) is 6.66. The van der Waals surface area contributed by atoms with E-state index in [4.69, 9.17) is 4.42 Å². The number of hydrogen-bond donors (Lipinski definition) is 0. The molecule has 1 aliphatic rings. The smallest absolute Gasteiger partial charge is 0.402 e. The fourth-order valence-electron chi connectivity index (χ4n) is 4.59. The Labute approximate surface area is 171 Å². The maximum Gasteiger partial charge on any atom is 0.402 e. The number of para-hydroxylation sites is 1. The van der Waals surface area contributed by atoms with Gasteiger partial charge in [0.05, 0.1) is 0 Å². The van der Waals surface area contributed by atoms with Crippen LogP contribution in [0.1, 0.15) is 12.5 Å². The minimum absolute atomic E-state index is 0.136. The van der Waals surface area contributed by atoms with Crippen LogP contribution in [-0.4, -0.2) is 18.7 Å². The van der Waals surface area contributed by atoms with Crippen molar-refractivity contribution < 1.29 is 8.98 Å². The van der Waals surface area contributed by atoms with Crippen molar-refractivity contribution in [2.45, 2.75) is 13.8 Å². The van der Waals surface area contributed by atoms with Crippen molar-refractivity contribution in [2.24, 2.45) is 7.05 Å². The zero-order valence-corrected chi connectivity index (χ0v) is 17.3. The molecule has 0 unspecified atom stereocenters. The van der Waals surface area contributed by atoms with E-state index in [-0.39, 0.29) is 6.85 Å².